The third kappa shape index (κ3) is 7.70. The SMILES string of the molecule is CSc1cccc(N/C=C(/C#N)C(=O)NCCCCCC(=O)O)c1. The number of nitriles is 1. The summed E-state index contributed by atoms with van der Waals surface area (Å²) < 4.78 is 0. The number of benzene rings is 1. The average molecular weight is 347 g/mol. The Morgan fingerprint density at radius 2 is 2.12 bits per heavy atom. The van der Waals surface area contributed by atoms with Gasteiger partial charge >= 0.3 is 5.97 Å². The number of carbonyl (C=O) groups is 2. The standard InChI is InChI=1S/C17H21N3O3S/c1-24-15-7-5-6-14(10-15)20-12-13(11-18)17(23)19-9-4-2-3-8-16(21)22/h5-7,10,12,20H,2-4,8-9H2,1H3,(H,19,23)(H,21,22)/b13-12-. The molecule has 0 aliphatic heterocycles. The van der Waals surface area contributed by atoms with Gasteiger partial charge in [0.05, 0.1) is 0 Å². The summed E-state index contributed by atoms with van der Waals surface area (Å²) in [6, 6.07) is 9.52. The third-order valence-corrected chi connectivity index (χ3v) is 3.90. The van der Waals surface area contributed by atoms with Gasteiger partial charge in [-0.05, 0) is 37.3 Å². The number of amides is 1. The Balaban J connectivity index is 2.42. The Bertz CT molecular complexity index is 638. The molecule has 0 saturated heterocycles. The van der Waals surface area contributed by atoms with Crippen LogP contribution in [-0.4, -0.2) is 29.8 Å². The van der Waals surface area contributed by atoms with Gasteiger partial charge < -0.3 is 15.7 Å². The van der Waals surface area contributed by atoms with Crippen LogP contribution < -0.4 is 10.6 Å². The topological polar surface area (TPSA) is 102 Å². The zero-order valence-electron chi connectivity index (χ0n) is 13.5. The molecule has 0 unspecified atom stereocenters. The van der Waals surface area contributed by atoms with E-state index in [0.717, 1.165) is 17.0 Å². The predicted octanol–water partition coefficient (Wildman–Crippen LogP) is 2.99. The monoisotopic (exact) mass is 347 g/mol. The van der Waals surface area contributed by atoms with Crippen LogP contribution >= 0.6 is 11.8 Å². The van der Waals surface area contributed by atoms with Crippen LogP contribution in [0.15, 0.2) is 40.9 Å². The van der Waals surface area contributed by atoms with Crippen molar-refractivity contribution in [2.24, 2.45) is 0 Å². The molecule has 0 bridgehead atoms. The van der Waals surface area contributed by atoms with Crippen LogP contribution in [0.4, 0.5) is 5.69 Å². The number of carboxylic acids is 1. The Morgan fingerprint density at radius 3 is 2.79 bits per heavy atom. The van der Waals surface area contributed by atoms with Crippen LogP contribution in [0.25, 0.3) is 0 Å². The summed E-state index contributed by atoms with van der Waals surface area (Å²) in [5.41, 5.74) is 0.797. The second-order valence-corrected chi connectivity index (χ2v) is 5.89. The van der Waals surface area contributed by atoms with E-state index >= 15 is 0 Å². The minimum atomic E-state index is -0.814. The maximum Gasteiger partial charge on any atom is 0.303 e. The highest BCUT2D eigenvalue weighted by molar-refractivity contribution is 7.98. The molecule has 24 heavy (non-hydrogen) atoms. The van der Waals surface area contributed by atoms with Crippen molar-refractivity contribution in [3.63, 3.8) is 0 Å². The Kier molecular flexibility index (Phi) is 9.09. The number of aliphatic carboxylic acids is 1. The van der Waals surface area contributed by atoms with Crippen molar-refractivity contribution in [2.75, 3.05) is 18.1 Å². The molecule has 0 atom stereocenters. The van der Waals surface area contributed by atoms with Crippen molar-refractivity contribution >= 4 is 29.3 Å². The highest BCUT2D eigenvalue weighted by atomic mass is 32.2. The highest BCUT2D eigenvalue weighted by Gasteiger charge is 2.08. The van der Waals surface area contributed by atoms with Gasteiger partial charge in [-0.1, -0.05) is 12.5 Å². The fourth-order valence-corrected chi connectivity index (χ4v) is 2.35. The summed E-state index contributed by atoms with van der Waals surface area (Å²) in [7, 11) is 0. The Labute approximate surface area is 145 Å². The largest absolute Gasteiger partial charge is 0.481 e. The quantitative estimate of drug-likeness (QED) is 0.260. The molecule has 0 aliphatic carbocycles. The number of hydrogen-bond acceptors (Lipinski definition) is 5. The first-order valence-corrected chi connectivity index (χ1v) is 8.80. The van der Waals surface area contributed by atoms with Gasteiger partial charge in [0.2, 0.25) is 0 Å². The van der Waals surface area contributed by atoms with E-state index in [1.807, 2.05) is 36.6 Å². The molecule has 1 rings (SSSR count). The number of carbonyl (C=O) groups excluding carboxylic acids is 1. The zero-order valence-corrected chi connectivity index (χ0v) is 14.4. The van der Waals surface area contributed by atoms with E-state index in [4.69, 9.17) is 10.4 Å². The molecule has 0 radical (unpaired) electrons. The summed E-state index contributed by atoms with van der Waals surface area (Å²) in [6.07, 6.45) is 5.48. The first kappa shape index (κ1) is 19.6. The van der Waals surface area contributed by atoms with Crippen molar-refractivity contribution < 1.29 is 14.7 Å². The van der Waals surface area contributed by atoms with Crippen molar-refractivity contribution in [1.82, 2.24) is 5.32 Å². The van der Waals surface area contributed by atoms with E-state index in [1.54, 1.807) is 11.8 Å². The number of thioether (sulfide) groups is 1. The lowest BCUT2D eigenvalue weighted by Crippen LogP contribution is -2.26. The van der Waals surface area contributed by atoms with Gasteiger partial charge in [-0.3, -0.25) is 9.59 Å². The van der Waals surface area contributed by atoms with E-state index in [9.17, 15) is 9.59 Å². The molecule has 3 N–H and O–H groups in total. The number of unbranched alkanes of at least 4 members (excludes halogenated alkanes) is 2. The zero-order chi connectivity index (χ0) is 17.8. The molecule has 7 heteroatoms. The smallest absolute Gasteiger partial charge is 0.303 e. The number of rotatable bonds is 10. The maximum absolute atomic E-state index is 11.9. The third-order valence-electron chi connectivity index (χ3n) is 3.17. The molecule has 1 aromatic rings. The van der Waals surface area contributed by atoms with Crippen LogP contribution in [0.5, 0.6) is 0 Å². The minimum absolute atomic E-state index is 0.00455. The number of carboxylic acid groups (broad SMARTS) is 1. The minimum Gasteiger partial charge on any atom is -0.481 e. The van der Waals surface area contributed by atoms with Gasteiger partial charge in [0, 0.05) is 29.7 Å². The van der Waals surface area contributed by atoms with Crippen molar-refractivity contribution in [2.45, 2.75) is 30.6 Å². The van der Waals surface area contributed by atoms with Crippen LogP contribution in [0.1, 0.15) is 25.7 Å². The van der Waals surface area contributed by atoms with Gasteiger partial charge in [-0.15, -0.1) is 11.8 Å². The van der Waals surface area contributed by atoms with Gasteiger partial charge in [-0.2, -0.15) is 5.26 Å². The fraction of sp³-hybridized carbons (Fsp3) is 0.353. The molecule has 0 fully saturated rings. The van der Waals surface area contributed by atoms with Crippen LogP contribution in [0.3, 0.4) is 0 Å². The van der Waals surface area contributed by atoms with Gasteiger partial charge in [-0.25, -0.2) is 0 Å². The first-order valence-electron chi connectivity index (χ1n) is 7.57. The van der Waals surface area contributed by atoms with E-state index in [-0.39, 0.29) is 12.0 Å². The predicted molar refractivity (Wildman–Crippen MR) is 94.7 cm³/mol. The maximum atomic E-state index is 11.9. The van der Waals surface area contributed by atoms with Crippen LogP contribution in [0, 0.1) is 11.3 Å². The molecule has 1 aromatic carbocycles. The van der Waals surface area contributed by atoms with E-state index in [2.05, 4.69) is 10.6 Å². The van der Waals surface area contributed by atoms with Crippen molar-refractivity contribution in [3.05, 3.63) is 36.0 Å². The summed E-state index contributed by atoms with van der Waals surface area (Å²) in [5.74, 6) is -1.25. The summed E-state index contributed by atoms with van der Waals surface area (Å²) in [4.78, 5) is 23.4. The number of nitrogens with one attached hydrogen (secondary N) is 2. The molecule has 128 valence electrons. The van der Waals surface area contributed by atoms with Crippen molar-refractivity contribution in [1.29, 1.82) is 5.26 Å². The normalized spacial score (nSPS) is 10.8. The summed E-state index contributed by atoms with van der Waals surface area (Å²) in [5, 5.41) is 23.2. The molecule has 0 saturated carbocycles. The van der Waals surface area contributed by atoms with Crippen LogP contribution in [0.2, 0.25) is 0 Å². The lowest BCUT2D eigenvalue weighted by atomic mass is 10.2. The van der Waals surface area contributed by atoms with Crippen LogP contribution in [-0.2, 0) is 9.59 Å². The lowest BCUT2D eigenvalue weighted by Gasteiger charge is -2.06. The number of anilines is 1. The van der Waals surface area contributed by atoms with Gasteiger partial charge in [0.1, 0.15) is 11.6 Å². The van der Waals surface area contributed by atoms with Crippen molar-refractivity contribution in [3.8, 4) is 6.07 Å². The highest BCUT2D eigenvalue weighted by Crippen LogP contribution is 2.19. The van der Waals surface area contributed by atoms with E-state index < -0.39 is 11.9 Å². The first-order chi connectivity index (χ1) is 11.6. The number of hydrogen-bond donors (Lipinski definition) is 3. The van der Waals surface area contributed by atoms with Gasteiger partial charge in [0.25, 0.3) is 5.91 Å². The van der Waals surface area contributed by atoms with E-state index in [0.29, 0.717) is 19.4 Å². The molecular weight excluding hydrogens is 326 g/mol. The average Bonchev–Trinajstić information content (AvgIpc) is 2.58. The number of nitrogens with zero attached hydrogens (tertiary/aromatic N) is 1. The lowest BCUT2D eigenvalue weighted by molar-refractivity contribution is -0.137. The van der Waals surface area contributed by atoms with E-state index in [1.165, 1.54) is 6.20 Å². The molecule has 6 nitrogen and oxygen atoms in total. The molecular formula is C17H21N3O3S. The fourth-order valence-electron chi connectivity index (χ4n) is 1.89. The Hall–Kier alpha value is -2.46. The van der Waals surface area contributed by atoms with Gasteiger partial charge in [0.15, 0.2) is 0 Å². The Morgan fingerprint density at radius 1 is 1.33 bits per heavy atom. The molecule has 0 aliphatic rings. The molecule has 0 spiro atoms. The molecule has 1 amide bonds. The second-order valence-electron chi connectivity index (χ2n) is 5.01. The second kappa shape index (κ2) is 11.1. The summed E-state index contributed by atoms with van der Waals surface area (Å²) >= 11 is 1.61. The molecule has 0 heterocycles. The molecule has 0 aromatic heterocycles. The summed E-state index contributed by atoms with van der Waals surface area (Å²) in [6.45, 7) is 0.416.